The molecule has 0 aliphatic rings. The van der Waals surface area contributed by atoms with Crippen LogP contribution in [-0.2, 0) is 31.9 Å². The van der Waals surface area contributed by atoms with E-state index in [0.29, 0.717) is 50.8 Å². The Morgan fingerprint density at radius 1 is 0.667 bits per heavy atom. The summed E-state index contributed by atoms with van der Waals surface area (Å²) in [6.07, 6.45) is 2.67. The third-order valence-corrected chi connectivity index (χ3v) is 6.93. The molecule has 250 valence electrons. The fraction of sp³-hybridized carbons (Fsp3) is 0.300. The number of benzene rings is 3. The van der Waals surface area contributed by atoms with Crippen molar-refractivity contribution in [3.63, 3.8) is 0 Å². The molecule has 8 nitrogen and oxygen atoms in total. The molecule has 0 aromatic heterocycles. The smallest absolute Gasteiger partial charge is 0.333 e. The quantitative estimate of drug-likeness (QED) is 0.169. The Hall–Kier alpha value is -5.28. The fourth-order valence-corrected chi connectivity index (χ4v) is 4.35. The number of allylic oxidation sites excluding steroid dienone is 2. The van der Waals surface area contributed by atoms with Gasteiger partial charge in [0.05, 0.1) is 0 Å². The number of carbonyl (C=O) groups is 2. The van der Waals surface area contributed by atoms with E-state index >= 15 is 0 Å². The Morgan fingerprint density at radius 2 is 1.06 bits per heavy atom. The second kappa shape index (κ2) is 20.1. The first-order valence-electron chi connectivity index (χ1n) is 15.8. The van der Waals surface area contributed by atoms with Crippen molar-refractivity contribution in [2.75, 3.05) is 26.4 Å². The van der Waals surface area contributed by atoms with E-state index in [-0.39, 0.29) is 0 Å². The number of carboxylic acids is 2. The van der Waals surface area contributed by atoms with Gasteiger partial charge in [-0.25, -0.2) is 9.59 Å². The number of ether oxygens (including phenoxy) is 4. The minimum Gasteiger partial charge on any atom is -0.490 e. The van der Waals surface area contributed by atoms with Crippen molar-refractivity contribution in [1.82, 2.24) is 0 Å². The SMILES string of the molecule is CCOC(Cc1ccc(OCC=C(C)C#Cc2cccc(C#CC(C)=CCOc3ccc(CC(OCC)C(=O)O)cc3)c2)cc1)C(=O)O. The summed E-state index contributed by atoms with van der Waals surface area (Å²) in [5.41, 5.74) is 5.16. The third kappa shape index (κ3) is 13.6. The molecule has 3 aromatic rings. The molecule has 0 heterocycles. The molecule has 0 aliphatic carbocycles. The van der Waals surface area contributed by atoms with E-state index in [9.17, 15) is 19.8 Å². The lowest BCUT2D eigenvalue weighted by molar-refractivity contribution is -0.150. The van der Waals surface area contributed by atoms with Gasteiger partial charge in [-0.05, 0) is 105 Å². The maximum atomic E-state index is 11.3. The van der Waals surface area contributed by atoms with Crippen LogP contribution in [0.5, 0.6) is 11.5 Å². The molecule has 0 saturated heterocycles. The Labute approximate surface area is 283 Å². The normalized spacial score (nSPS) is 12.5. The predicted molar refractivity (Wildman–Crippen MR) is 185 cm³/mol. The largest absolute Gasteiger partial charge is 0.490 e. The van der Waals surface area contributed by atoms with Gasteiger partial charge in [0.1, 0.15) is 24.7 Å². The van der Waals surface area contributed by atoms with Crippen LogP contribution in [0.4, 0.5) is 0 Å². The van der Waals surface area contributed by atoms with Crippen LogP contribution in [0, 0.1) is 23.7 Å². The third-order valence-electron chi connectivity index (χ3n) is 6.93. The van der Waals surface area contributed by atoms with Gasteiger partial charge in [-0.3, -0.25) is 0 Å². The van der Waals surface area contributed by atoms with Crippen LogP contribution in [0.1, 0.15) is 49.9 Å². The maximum absolute atomic E-state index is 11.3. The first-order valence-corrected chi connectivity index (χ1v) is 15.8. The van der Waals surface area contributed by atoms with Crippen molar-refractivity contribution in [2.45, 2.75) is 52.7 Å². The van der Waals surface area contributed by atoms with Gasteiger partial charge in [-0.15, -0.1) is 0 Å². The number of hydrogen-bond donors (Lipinski definition) is 2. The first-order chi connectivity index (χ1) is 23.2. The summed E-state index contributed by atoms with van der Waals surface area (Å²) in [5.74, 6) is 12.1. The first kappa shape index (κ1) is 37.2. The van der Waals surface area contributed by atoms with E-state index in [0.717, 1.165) is 33.4 Å². The highest BCUT2D eigenvalue weighted by atomic mass is 16.5. The number of hydrogen-bond acceptors (Lipinski definition) is 6. The Balaban J connectivity index is 1.47. The van der Waals surface area contributed by atoms with Gasteiger partial charge >= 0.3 is 11.9 Å². The maximum Gasteiger partial charge on any atom is 0.333 e. The lowest BCUT2D eigenvalue weighted by Gasteiger charge is -2.12. The number of carboxylic acid groups (broad SMARTS) is 2. The van der Waals surface area contributed by atoms with Gasteiger partial charge in [0, 0.05) is 37.2 Å². The van der Waals surface area contributed by atoms with E-state index in [4.69, 9.17) is 18.9 Å². The van der Waals surface area contributed by atoms with Crippen molar-refractivity contribution >= 4 is 11.9 Å². The van der Waals surface area contributed by atoms with E-state index in [1.165, 1.54) is 0 Å². The summed E-state index contributed by atoms with van der Waals surface area (Å²) < 4.78 is 22.1. The van der Waals surface area contributed by atoms with Crippen LogP contribution in [0.2, 0.25) is 0 Å². The summed E-state index contributed by atoms with van der Waals surface area (Å²) >= 11 is 0. The molecule has 48 heavy (non-hydrogen) atoms. The van der Waals surface area contributed by atoms with Crippen LogP contribution >= 0.6 is 0 Å². The van der Waals surface area contributed by atoms with Gasteiger partial charge in [0.15, 0.2) is 12.2 Å². The van der Waals surface area contributed by atoms with Gasteiger partial charge in [0.2, 0.25) is 0 Å². The zero-order valence-electron chi connectivity index (χ0n) is 27.8. The Kier molecular flexibility index (Phi) is 15.5. The second-order valence-electron chi connectivity index (χ2n) is 10.7. The topological polar surface area (TPSA) is 112 Å². The van der Waals surface area contributed by atoms with Crippen molar-refractivity contribution < 1.29 is 38.7 Å². The molecular formula is C40H42O8. The van der Waals surface area contributed by atoms with Crippen LogP contribution in [0.25, 0.3) is 0 Å². The molecule has 3 rings (SSSR count). The van der Waals surface area contributed by atoms with Crippen molar-refractivity contribution in [2.24, 2.45) is 0 Å². The molecule has 0 saturated carbocycles. The minimum atomic E-state index is -0.974. The second-order valence-corrected chi connectivity index (χ2v) is 10.7. The minimum absolute atomic E-state index is 0.295. The van der Waals surface area contributed by atoms with E-state index in [2.05, 4.69) is 23.7 Å². The summed E-state index contributed by atoms with van der Waals surface area (Å²) in [5, 5.41) is 18.5. The molecule has 2 N–H and O–H groups in total. The monoisotopic (exact) mass is 650 g/mol. The van der Waals surface area contributed by atoms with Gasteiger partial charge in [-0.1, -0.05) is 54.0 Å². The molecule has 0 amide bonds. The molecule has 0 fully saturated rings. The van der Waals surface area contributed by atoms with Crippen LogP contribution in [0.3, 0.4) is 0 Å². The Bertz CT molecular complexity index is 1560. The summed E-state index contributed by atoms with van der Waals surface area (Å²) in [6, 6.07) is 22.4. The highest BCUT2D eigenvalue weighted by Gasteiger charge is 2.18. The van der Waals surface area contributed by atoms with Crippen LogP contribution in [0.15, 0.2) is 96.1 Å². The summed E-state index contributed by atoms with van der Waals surface area (Å²) in [7, 11) is 0. The zero-order chi connectivity index (χ0) is 34.7. The average molecular weight is 651 g/mol. The molecule has 2 atom stereocenters. The zero-order valence-corrected chi connectivity index (χ0v) is 27.8. The lowest BCUT2D eigenvalue weighted by atomic mass is 10.1. The van der Waals surface area contributed by atoms with Crippen molar-refractivity contribution in [3.05, 3.63) is 118 Å². The summed E-state index contributed by atoms with van der Waals surface area (Å²) in [4.78, 5) is 22.6. The van der Waals surface area contributed by atoms with Crippen molar-refractivity contribution in [3.8, 4) is 35.2 Å². The number of aliphatic carboxylic acids is 2. The van der Waals surface area contributed by atoms with E-state index in [1.807, 2.05) is 98.8 Å². The van der Waals surface area contributed by atoms with Gasteiger partial charge in [-0.2, -0.15) is 0 Å². The molecule has 0 aliphatic heterocycles. The lowest BCUT2D eigenvalue weighted by Crippen LogP contribution is -2.26. The predicted octanol–water partition coefficient (Wildman–Crippen LogP) is 6.50. The molecular weight excluding hydrogens is 608 g/mol. The van der Waals surface area contributed by atoms with Crippen LogP contribution < -0.4 is 9.47 Å². The van der Waals surface area contributed by atoms with E-state index < -0.39 is 24.1 Å². The van der Waals surface area contributed by atoms with Crippen molar-refractivity contribution in [1.29, 1.82) is 0 Å². The molecule has 3 aromatic carbocycles. The summed E-state index contributed by atoms with van der Waals surface area (Å²) in [6.45, 7) is 8.78. The highest BCUT2D eigenvalue weighted by molar-refractivity contribution is 5.73. The van der Waals surface area contributed by atoms with Crippen LogP contribution in [-0.4, -0.2) is 60.8 Å². The molecule has 8 heteroatoms. The Morgan fingerprint density at radius 3 is 1.42 bits per heavy atom. The highest BCUT2D eigenvalue weighted by Crippen LogP contribution is 2.16. The average Bonchev–Trinajstić information content (AvgIpc) is 3.07. The number of rotatable bonds is 16. The molecule has 2 unspecified atom stereocenters. The van der Waals surface area contributed by atoms with Gasteiger partial charge < -0.3 is 29.2 Å². The fourth-order valence-electron chi connectivity index (χ4n) is 4.35. The van der Waals surface area contributed by atoms with E-state index in [1.54, 1.807) is 13.8 Å². The van der Waals surface area contributed by atoms with Gasteiger partial charge in [0.25, 0.3) is 0 Å². The molecule has 0 bridgehead atoms. The standard InChI is InChI=1S/C40H42O8/c1-5-45-37(39(41)42)27-33-14-18-35(19-15-33)47-24-22-29(3)10-12-31-8-7-9-32(26-31)13-11-30(4)23-25-48-36-20-16-34(17-21-36)28-38(40(43)44)46-6-2/h7-9,14-23,26,37-38H,5-6,24-25,27-28H2,1-4H3,(H,41,42)(H,43,44). The molecule has 0 spiro atoms. The molecule has 0 radical (unpaired) electrons.